The van der Waals surface area contributed by atoms with Crippen molar-refractivity contribution in [1.82, 2.24) is 29.9 Å². The van der Waals surface area contributed by atoms with Gasteiger partial charge in [-0.25, -0.2) is 24.1 Å². The first kappa shape index (κ1) is 23.6. The lowest BCUT2D eigenvalue weighted by molar-refractivity contribution is -0.489. The number of likely N-dealkylation sites (N-methyl/N-ethyl adjacent to an activating group) is 1. The Morgan fingerprint density at radius 2 is 1.83 bits per heavy atom. The first-order chi connectivity index (χ1) is 13.7. The quantitative estimate of drug-likeness (QED) is 0.215. The van der Waals surface area contributed by atoms with Crippen LogP contribution < -0.4 is 4.84 Å². The number of nitrogens with zero attached hydrogens (tertiary/aromatic N) is 7. The molecule has 1 aliphatic rings. The van der Waals surface area contributed by atoms with Gasteiger partial charge in [-0.2, -0.15) is 26.3 Å². The molecule has 2 aromatic heterocycles. The zero-order valence-electron chi connectivity index (χ0n) is 16.7. The van der Waals surface area contributed by atoms with E-state index in [0.29, 0.717) is 24.2 Å². The molecule has 0 spiro atoms. The van der Waals surface area contributed by atoms with Gasteiger partial charge in [0.25, 0.3) is 0 Å². The Morgan fingerprint density at radius 1 is 1.20 bits per heavy atom. The molecular weight excluding hydrogens is 424 g/mol. The third-order valence-electron chi connectivity index (χ3n) is 3.64. The van der Waals surface area contributed by atoms with Crippen LogP contribution in [0.4, 0.5) is 26.3 Å². The van der Waals surface area contributed by atoms with E-state index in [0.717, 1.165) is 0 Å². The molecule has 0 bridgehead atoms. The number of morpholine rings is 1. The Morgan fingerprint density at radius 3 is 2.37 bits per heavy atom. The number of aromatic nitrogens is 4. The summed E-state index contributed by atoms with van der Waals surface area (Å²) in [5, 5.41) is 7.87. The highest BCUT2D eigenvalue weighted by Crippen LogP contribution is 2.45. The third-order valence-corrected chi connectivity index (χ3v) is 3.64. The Hall–Kier alpha value is -2.68. The van der Waals surface area contributed by atoms with Gasteiger partial charge in [-0.15, -0.1) is 5.10 Å². The highest BCUT2D eigenvalue weighted by atomic mass is 19.3. The molecule has 3 heterocycles. The molecular formula is C15H20F6N7O2+. The van der Waals surface area contributed by atoms with Gasteiger partial charge in [0.1, 0.15) is 5.52 Å². The van der Waals surface area contributed by atoms with Crippen molar-refractivity contribution in [2.45, 2.75) is 18.3 Å². The summed E-state index contributed by atoms with van der Waals surface area (Å²) in [5.74, 6) is 0. The topological polar surface area (TPSA) is 71.5 Å². The summed E-state index contributed by atoms with van der Waals surface area (Å²) in [6, 6.07) is -0.430. The number of pyridine rings is 1. The van der Waals surface area contributed by atoms with Gasteiger partial charge in [0, 0.05) is 6.20 Å². The molecule has 1 saturated heterocycles. The van der Waals surface area contributed by atoms with Crippen molar-refractivity contribution < 1.29 is 40.5 Å². The number of fused-ring (bicyclic) bond motifs is 1. The average Bonchev–Trinajstić information content (AvgIpc) is 3.00. The van der Waals surface area contributed by atoms with Gasteiger partial charge in [-0.3, -0.25) is 4.84 Å². The maximum Gasteiger partial charge on any atom is 0.472 e. The molecule has 1 aliphatic heterocycles. The van der Waals surface area contributed by atoms with E-state index in [2.05, 4.69) is 20.0 Å². The lowest BCUT2D eigenvalue weighted by atomic mass is 10.3. The van der Waals surface area contributed by atoms with Crippen molar-refractivity contribution in [3.8, 4) is 0 Å². The maximum atomic E-state index is 12.4. The highest BCUT2D eigenvalue weighted by molar-refractivity contribution is 5.71. The van der Waals surface area contributed by atoms with Crippen LogP contribution in [0.25, 0.3) is 11.2 Å². The predicted molar refractivity (Wildman–Crippen MR) is 91.3 cm³/mol. The van der Waals surface area contributed by atoms with Crippen LogP contribution in [-0.4, -0.2) is 101 Å². The van der Waals surface area contributed by atoms with E-state index >= 15 is 0 Å². The molecule has 0 aromatic carbocycles. The van der Waals surface area contributed by atoms with Crippen LogP contribution in [0.2, 0.25) is 0 Å². The van der Waals surface area contributed by atoms with Crippen molar-refractivity contribution in [3.05, 3.63) is 18.3 Å². The van der Waals surface area contributed by atoms with Crippen molar-refractivity contribution >= 4 is 17.2 Å². The first-order valence-electron chi connectivity index (χ1n) is 8.29. The Balaban J connectivity index is 0.000000222. The summed E-state index contributed by atoms with van der Waals surface area (Å²) in [6.45, 7) is -1.57. The van der Waals surface area contributed by atoms with Crippen LogP contribution >= 0.6 is 0 Å². The van der Waals surface area contributed by atoms with Crippen molar-refractivity contribution in [2.75, 3.05) is 41.8 Å². The Bertz CT molecular complexity index is 914. The number of hydrogen-bond acceptors (Lipinski definition) is 6. The molecule has 0 radical (unpaired) electrons. The lowest BCUT2D eigenvalue weighted by Gasteiger charge is -2.40. The van der Waals surface area contributed by atoms with E-state index in [9.17, 15) is 26.3 Å². The van der Waals surface area contributed by atoms with Gasteiger partial charge in [-0.1, -0.05) is 0 Å². The maximum absolute atomic E-state index is 12.4. The Labute approximate surface area is 167 Å². The minimum absolute atomic E-state index is 0.448. The van der Waals surface area contributed by atoms with E-state index in [1.807, 2.05) is 49.8 Å². The summed E-state index contributed by atoms with van der Waals surface area (Å²) in [5.41, 5.74) is 1.29. The van der Waals surface area contributed by atoms with Crippen LogP contribution in [0.15, 0.2) is 18.3 Å². The molecule has 0 N–H and O–H groups in total. The van der Waals surface area contributed by atoms with Crippen molar-refractivity contribution in [2.24, 2.45) is 0 Å². The molecule has 0 atom stereocenters. The predicted octanol–water partition coefficient (Wildman–Crippen LogP) is 1.17. The highest BCUT2D eigenvalue weighted by Gasteiger charge is 2.69. The fourth-order valence-corrected chi connectivity index (χ4v) is 2.33. The molecule has 15 heteroatoms. The largest absolute Gasteiger partial charge is 0.472 e. The first-order valence-corrected chi connectivity index (χ1v) is 8.29. The number of halogens is 6. The second kappa shape index (κ2) is 8.22. The monoisotopic (exact) mass is 444 g/mol. The van der Waals surface area contributed by atoms with Gasteiger partial charge < -0.3 is 0 Å². The van der Waals surface area contributed by atoms with E-state index < -0.39 is 29.7 Å². The minimum Gasteiger partial charge on any atom is -0.277 e. The molecule has 3 rings (SSSR count). The molecule has 0 unspecified atom stereocenters. The van der Waals surface area contributed by atoms with Crippen LogP contribution in [0, 0.1) is 0 Å². The molecule has 168 valence electrons. The second-order valence-electron chi connectivity index (χ2n) is 6.62. The molecule has 0 saturated carbocycles. The smallest absolute Gasteiger partial charge is 0.277 e. The van der Waals surface area contributed by atoms with Crippen molar-refractivity contribution in [1.29, 1.82) is 0 Å². The van der Waals surface area contributed by atoms with Crippen LogP contribution in [0.1, 0.15) is 0 Å². The van der Waals surface area contributed by atoms with Crippen LogP contribution in [0.5, 0.6) is 0 Å². The molecule has 0 amide bonds. The van der Waals surface area contributed by atoms with Crippen LogP contribution in [0.3, 0.4) is 0 Å². The summed E-state index contributed by atoms with van der Waals surface area (Å²) in [4.78, 5) is 12.5. The Kier molecular flexibility index (Phi) is 6.46. The minimum atomic E-state index is -5.18. The number of rotatable bonds is 1. The number of hydrogen-bond donors (Lipinski definition) is 0. The lowest BCUT2D eigenvalue weighted by Crippen LogP contribution is -2.64. The summed E-state index contributed by atoms with van der Waals surface area (Å²) >= 11 is 0. The average molecular weight is 444 g/mol. The standard InChI is InChI=1S/C10H15N6O.C5H5F6NO/c1-14(2)10(15(3)4)17-16-9-8(12-13-16)6-5-7-11-9;1-12-2-3(6,7)13-5(10,11)4(12,8)9/h5-7H,1-4H3;2H2,1H3/q+1;. The zero-order valence-corrected chi connectivity index (χ0v) is 16.7. The SMILES string of the molecule is CN(C)C(On1nnc2cccnc21)=[N+](C)C.CN1CC(F)(F)OC(F)(F)C1(F)F. The van der Waals surface area contributed by atoms with Gasteiger partial charge in [0.2, 0.25) is 5.65 Å². The molecule has 0 aliphatic carbocycles. The second-order valence-corrected chi connectivity index (χ2v) is 6.62. The molecule has 9 nitrogen and oxygen atoms in total. The molecule has 30 heavy (non-hydrogen) atoms. The summed E-state index contributed by atoms with van der Waals surface area (Å²) < 4.78 is 78.3. The van der Waals surface area contributed by atoms with Gasteiger partial charge in [0.05, 0.1) is 34.7 Å². The molecule has 2 aromatic rings. The van der Waals surface area contributed by atoms with Gasteiger partial charge >= 0.3 is 24.3 Å². The third kappa shape index (κ3) is 4.89. The summed E-state index contributed by atoms with van der Waals surface area (Å²) in [6.07, 6.45) is -7.76. The van der Waals surface area contributed by atoms with E-state index in [4.69, 9.17) is 4.84 Å². The van der Waals surface area contributed by atoms with Crippen LogP contribution in [-0.2, 0) is 4.74 Å². The van der Waals surface area contributed by atoms with E-state index in [1.54, 1.807) is 6.20 Å². The fourth-order valence-electron chi connectivity index (χ4n) is 2.33. The van der Waals surface area contributed by atoms with E-state index in [1.165, 1.54) is 4.85 Å². The fraction of sp³-hybridized carbons (Fsp3) is 0.600. The van der Waals surface area contributed by atoms with Crippen molar-refractivity contribution in [3.63, 3.8) is 0 Å². The number of amidine groups is 1. The summed E-state index contributed by atoms with van der Waals surface area (Å²) in [7, 11) is 8.03. The zero-order chi connectivity index (χ0) is 22.9. The van der Waals surface area contributed by atoms with Gasteiger partial charge in [-0.05, 0) is 29.2 Å². The molecule has 1 fully saturated rings. The number of alkyl halides is 6. The normalized spacial score (nSPS) is 19.6. The number of ether oxygens (including phenoxy) is 1. The van der Waals surface area contributed by atoms with E-state index in [-0.39, 0.29) is 0 Å². The van der Waals surface area contributed by atoms with Gasteiger partial charge in [0.15, 0.2) is 0 Å².